The fraction of sp³-hybridized carbons (Fsp3) is 0.211. The number of carbonyl (C=O) groups excluding carboxylic acids is 1. The lowest BCUT2D eigenvalue weighted by Crippen LogP contribution is -2.21. The summed E-state index contributed by atoms with van der Waals surface area (Å²) in [6, 6.07) is 13.0. The van der Waals surface area contributed by atoms with E-state index in [2.05, 4.69) is 24.1 Å². The smallest absolute Gasteiger partial charge is 0.248 e. The number of anilines is 2. The number of halogens is 2. The van der Waals surface area contributed by atoms with Crippen molar-refractivity contribution in [2.75, 3.05) is 23.3 Å². The molecular formula is C19H20Cl2N2O. The minimum absolute atomic E-state index is 0.235. The average Bonchev–Trinajstić information content (AvgIpc) is 2.57. The first kappa shape index (κ1) is 18.4. The van der Waals surface area contributed by atoms with E-state index in [1.165, 1.54) is 6.08 Å². The van der Waals surface area contributed by atoms with Crippen LogP contribution in [-0.4, -0.2) is 19.0 Å². The Hall–Kier alpha value is -1.97. The second-order valence-electron chi connectivity index (χ2n) is 5.18. The van der Waals surface area contributed by atoms with Crippen LogP contribution in [-0.2, 0) is 4.79 Å². The Morgan fingerprint density at radius 1 is 1.04 bits per heavy atom. The summed E-state index contributed by atoms with van der Waals surface area (Å²) in [6.07, 6.45) is 3.04. The van der Waals surface area contributed by atoms with E-state index in [-0.39, 0.29) is 5.91 Å². The van der Waals surface area contributed by atoms with Crippen LogP contribution >= 0.6 is 23.2 Å². The van der Waals surface area contributed by atoms with E-state index in [9.17, 15) is 4.79 Å². The third-order valence-corrected chi connectivity index (χ3v) is 4.32. The van der Waals surface area contributed by atoms with Gasteiger partial charge in [-0.05, 0) is 56.3 Å². The first-order chi connectivity index (χ1) is 11.5. The van der Waals surface area contributed by atoms with Crippen LogP contribution < -0.4 is 10.2 Å². The summed E-state index contributed by atoms with van der Waals surface area (Å²) >= 11 is 12.2. The van der Waals surface area contributed by atoms with E-state index >= 15 is 0 Å². The quantitative estimate of drug-likeness (QED) is 0.688. The van der Waals surface area contributed by atoms with Crippen LogP contribution in [0.5, 0.6) is 0 Å². The highest BCUT2D eigenvalue weighted by molar-refractivity contribution is 6.37. The van der Waals surface area contributed by atoms with Crippen LogP contribution in [0.4, 0.5) is 11.4 Å². The van der Waals surface area contributed by atoms with Crippen molar-refractivity contribution in [3.63, 3.8) is 0 Å². The van der Waals surface area contributed by atoms with E-state index in [1.54, 1.807) is 24.3 Å². The summed E-state index contributed by atoms with van der Waals surface area (Å²) in [7, 11) is 0. The van der Waals surface area contributed by atoms with Gasteiger partial charge in [-0.1, -0.05) is 29.3 Å². The molecule has 0 aliphatic carbocycles. The predicted octanol–water partition coefficient (Wildman–Crippen LogP) is 5.49. The normalized spacial score (nSPS) is 10.8. The van der Waals surface area contributed by atoms with Gasteiger partial charge < -0.3 is 10.2 Å². The Labute approximate surface area is 152 Å². The molecule has 0 aliphatic rings. The maximum absolute atomic E-state index is 12.0. The SMILES string of the molecule is CCN(CC)c1ccc(NC(=O)/C=C/c2c(Cl)cccc2Cl)cc1. The molecule has 0 saturated carbocycles. The summed E-state index contributed by atoms with van der Waals surface area (Å²) in [6.45, 7) is 6.13. The number of hydrogen-bond donors (Lipinski definition) is 1. The third-order valence-electron chi connectivity index (χ3n) is 3.66. The molecule has 2 aromatic rings. The van der Waals surface area contributed by atoms with Crippen LogP contribution in [0.3, 0.4) is 0 Å². The second-order valence-corrected chi connectivity index (χ2v) is 5.99. The van der Waals surface area contributed by atoms with Gasteiger partial charge in [-0.25, -0.2) is 0 Å². The van der Waals surface area contributed by atoms with Crippen LogP contribution in [0.2, 0.25) is 10.0 Å². The summed E-state index contributed by atoms with van der Waals surface area (Å²) in [5, 5.41) is 3.84. The van der Waals surface area contributed by atoms with E-state index in [0.717, 1.165) is 24.5 Å². The summed E-state index contributed by atoms with van der Waals surface area (Å²) < 4.78 is 0. The highest BCUT2D eigenvalue weighted by atomic mass is 35.5. The Bertz CT molecular complexity index is 702. The maximum atomic E-state index is 12.0. The molecule has 0 heterocycles. The fourth-order valence-electron chi connectivity index (χ4n) is 2.36. The first-order valence-electron chi connectivity index (χ1n) is 7.83. The molecule has 0 radical (unpaired) electrons. The second kappa shape index (κ2) is 8.76. The summed E-state index contributed by atoms with van der Waals surface area (Å²) in [4.78, 5) is 14.3. The molecule has 0 aliphatic heterocycles. The minimum atomic E-state index is -0.235. The zero-order valence-corrected chi connectivity index (χ0v) is 15.2. The summed E-state index contributed by atoms with van der Waals surface area (Å²) in [5.74, 6) is -0.235. The van der Waals surface area contributed by atoms with Crippen molar-refractivity contribution in [1.82, 2.24) is 0 Å². The molecule has 1 amide bonds. The molecule has 2 rings (SSSR count). The molecule has 0 spiro atoms. The molecule has 0 fully saturated rings. The zero-order chi connectivity index (χ0) is 17.5. The Kier molecular flexibility index (Phi) is 6.71. The molecule has 5 heteroatoms. The van der Waals surface area contributed by atoms with Gasteiger partial charge in [0.2, 0.25) is 5.91 Å². The molecule has 2 aromatic carbocycles. The molecule has 0 aromatic heterocycles. The van der Waals surface area contributed by atoms with Gasteiger partial charge in [-0.2, -0.15) is 0 Å². The number of nitrogens with zero attached hydrogens (tertiary/aromatic N) is 1. The topological polar surface area (TPSA) is 32.3 Å². The van der Waals surface area contributed by atoms with Gasteiger partial charge in [0.05, 0.1) is 0 Å². The Morgan fingerprint density at radius 2 is 1.62 bits per heavy atom. The van der Waals surface area contributed by atoms with Crippen molar-refractivity contribution >= 4 is 46.6 Å². The van der Waals surface area contributed by atoms with Crippen molar-refractivity contribution in [2.24, 2.45) is 0 Å². The highest BCUT2D eigenvalue weighted by Gasteiger charge is 2.04. The number of hydrogen-bond acceptors (Lipinski definition) is 2. The van der Waals surface area contributed by atoms with Gasteiger partial charge >= 0.3 is 0 Å². The molecule has 1 N–H and O–H groups in total. The van der Waals surface area contributed by atoms with Crippen molar-refractivity contribution in [1.29, 1.82) is 0 Å². The molecule has 126 valence electrons. The Balaban J connectivity index is 2.03. The zero-order valence-electron chi connectivity index (χ0n) is 13.7. The molecule has 24 heavy (non-hydrogen) atoms. The standard InChI is InChI=1S/C19H20Cl2N2O/c1-3-23(4-2)15-10-8-14(9-11-15)22-19(24)13-12-16-17(20)6-5-7-18(16)21/h5-13H,3-4H2,1-2H3,(H,22,24)/b13-12+. The van der Waals surface area contributed by atoms with E-state index in [1.807, 2.05) is 24.3 Å². The minimum Gasteiger partial charge on any atom is -0.372 e. The van der Waals surface area contributed by atoms with Crippen LogP contribution in [0.25, 0.3) is 6.08 Å². The largest absolute Gasteiger partial charge is 0.372 e. The lowest BCUT2D eigenvalue weighted by molar-refractivity contribution is -0.111. The highest BCUT2D eigenvalue weighted by Crippen LogP contribution is 2.25. The number of rotatable bonds is 6. The van der Waals surface area contributed by atoms with E-state index < -0.39 is 0 Å². The van der Waals surface area contributed by atoms with Crippen molar-refractivity contribution < 1.29 is 4.79 Å². The van der Waals surface area contributed by atoms with Crippen LogP contribution in [0, 0.1) is 0 Å². The molecule has 3 nitrogen and oxygen atoms in total. The third kappa shape index (κ3) is 4.76. The lowest BCUT2D eigenvalue weighted by Gasteiger charge is -2.21. The van der Waals surface area contributed by atoms with Crippen molar-refractivity contribution in [3.05, 3.63) is 64.1 Å². The Morgan fingerprint density at radius 3 is 2.17 bits per heavy atom. The average molecular weight is 363 g/mol. The first-order valence-corrected chi connectivity index (χ1v) is 8.58. The van der Waals surface area contributed by atoms with Gasteiger partial charge in [0.1, 0.15) is 0 Å². The molecule has 0 atom stereocenters. The monoisotopic (exact) mass is 362 g/mol. The van der Waals surface area contributed by atoms with Crippen LogP contribution in [0.1, 0.15) is 19.4 Å². The van der Waals surface area contributed by atoms with E-state index in [4.69, 9.17) is 23.2 Å². The number of amides is 1. The molecule has 0 unspecified atom stereocenters. The van der Waals surface area contributed by atoms with Crippen molar-refractivity contribution in [3.8, 4) is 0 Å². The molecular weight excluding hydrogens is 343 g/mol. The summed E-state index contributed by atoms with van der Waals surface area (Å²) in [5.41, 5.74) is 2.51. The number of benzene rings is 2. The maximum Gasteiger partial charge on any atom is 0.248 e. The lowest BCUT2D eigenvalue weighted by atomic mass is 10.2. The van der Waals surface area contributed by atoms with Gasteiger partial charge in [0.15, 0.2) is 0 Å². The number of carbonyl (C=O) groups is 1. The van der Waals surface area contributed by atoms with Gasteiger partial charge in [-0.3, -0.25) is 4.79 Å². The number of nitrogens with one attached hydrogen (secondary N) is 1. The predicted molar refractivity (Wildman–Crippen MR) is 104 cm³/mol. The van der Waals surface area contributed by atoms with Crippen LogP contribution in [0.15, 0.2) is 48.5 Å². The van der Waals surface area contributed by atoms with E-state index in [0.29, 0.717) is 15.6 Å². The van der Waals surface area contributed by atoms with Crippen molar-refractivity contribution in [2.45, 2.75) is 13.8 Å². The van der Waals surface area contributed by atoms with Gasteiger partial charge in [0, 0.05) is 46.1 Å². The fourth-order valence-corrected chi connectivity index (χ4v) is 2.88. The van der Waals surface area contributed by atoms with Gasteiger partial charge in [0.25, 0.3) is 0 Å². The molecule has 0 saturated heterocycles. The molecule has 0 bridgehead atoms. The van der Waals surface area contributed by atoms with Gasteiger partial charge in [-0.15, -0.1) is 0 Å².